The minimum atomic E-state index is 0.0188. The molecule has 0 bridgehead atoms. The van der Waals surface area contributed by atoms with Crippen molar-refractivity contribution >= 4 is 27.3 Å². The van der Waals surface area contributed by atoms with Crippen LogP contribution in [0, 0.1) is 0 Å². The van der Waals surface area contributed by atoms with Gasteiger partial charge in [-0.05, 0) is 44.1 Å². The molecule has 1 aliphatic rings. The van der Waals surface area contributed by atoms with Gasteiger partial charge in [-0.1, -0.05) is 18.2 Å². The third kappa shape index (κ3) is 2.13. The van der Waals surface area contributed by atoms with Crippen molar-refractivity contribution < 1.29 is 4.74 Å². The molecular formula is C13H13BrN2OS. The summed E-state index contributed by atoms with van der Waals surface area (Å²) in [5, 5.41) is 2.06. The van der Waals surface area contributed by atoms with Gasteiger partial charge in [-0.3, -0.25) is 5.84 Å². The van der Waals surface area contributed by atoms with Crippen molar-refractivity contribution in [2.24, 2.45) is 5.84 Å². The summed E-state index contributed by atoms with van der Waals surface area (Å²) in [5.41, 5.74) is 6.61. The molecule has 0 amide bonds. The van der Waals surface area contributed by atoms with Gasteiger partial charge in [0.1, 0.15) is 0 Å². The van der Waals surface area contributed by atoms with Crippen LogP contribution in [0.5, 0.6) is 0 Å². The summed E-state index contributed by atoms with van der Waals surface area (Å²) in [7, 11) is 0. The number of benzene rings is 1. The molecule has 0 radical (unpaired) electrons. The van der Waals surface area contributed by atoms with Crippen LogP contribution < -0.4 is 11.3 Å². The molecule has 0 saturated carbocycles. The Kier molecular flexibility index (Phi) is 3.50. The third-order valence-corrected chi connectivity index (χ3v) is 5.09. The maximum atomic E-state index is 5.71. The SMILES string of the molecule is NNC(c1ccc2c(c1)COC2)c1sccc1Br. The average Bonchev–Trinajstić information content (AvgIpc) is 2.99. The van der Waals surface area contributed by atoms with E-state index in [1.165, 1.54) is 21.6 Å². The Morgan fingerprint density at radius 3 is 2.83 bits per heavy atom. The predicted molar refractivity (Wildman–Crippen MR) is 76.1 cm³/mol. The normalized spacial score (nSPS) is 15.7. The van der Waals surface area contributed by atoms with E-state index in [1.54, 1.807) is 11.3 Å². The Labute approximate surface area is 118 Å². The lowest BCUT2D eigenvalue weighted by Gasteiger charge is -2.16. The summed E-state index contributed by atoms with van der Waals surface area (Å²) in [4.78, 5) is 1.19. The summed E-state index contributed by atoms with van der Waals surface area (Å²) in [6.07, 6.45) is 0. The fraction of sp³-hybridized carbons (Fsp3) is 0.231. The molecule has 1 aromatic carbocycles. The van der Waals surface area contributed by atoms with Crippen molar-refractivity contribution in [1.29, 1.82) is 0 Å². The number of nitrogens with one attached hydrogen (secondary N) is 1. The Morgan fingerprint density at radius 2 is 2.11 bits per heavy atom. The van der Waals surface area contributed by atoms with E-state index >= 15 is 0 Å². The zero-order chi connectivity index (χ0) is 12.5. The van der Waals surface area contributed by atoms with E-state index in [2.05, 4.69) is 44.9 Å². The van der Waals surface area contributed by atoms with Crippen LogP contribution in [0.1, 0.15) is 27.6 Å². The van der Waals surface area contributed by atoms with Crippen LogP contribution in [0.15, 0.2) is 34.1 Å². The summed E-state index contributed by atoms with van der Waals surface area (Å²) in [5.74, 6) is 5.71. The number of halogens is 1. The standard InChI is InChI=1S/C13H13BrN2OS/c14-11-3-4-18-13(11)12(16-15)8-1-2-9-6-17-7-10(9)5-8/h1-5,12,16H,6-7,15H2. The highest BCUT2D eigenvalue weighted by Gasteiger charge is 2.19. The summed E-state index contributed by atoms with van der Waals surface area (Å²) in [6.45, 7) is 1.42. The minimum absolute atomic E-state index is 0.0188. The fourth-order valence-electron chi connectivity index (χ4n) is 2.21. The van der Waals surface area contributed by atoms with Crippen molar-refractivity contribution in [3.05, 3.63) is 55.7 Å². The molecule has 2 aromatic rings. The molecule has 94 valence electrons. The second-order valence-electron chi connectivity index (χ2n) is 4.25. The van der Waals surface area contributed by atoms with E-state index in [-0.39, 0.29) is 6.04 Å². The zero-order valence-corrected chi connectivity index (χ0v) is 12.1. The number of hydrogen-bond donors (Lipinski definition) is 2. The third-order valence-electron chi connectivity index (χ3n) is 3.15. The van der Waals surface area contributed by atoms with E-state index in [9.17, 15) is 0 Å². The van der Waals surface area contributed by atoms with Gasteiger partial charge < -0.3 is 4.74 Å². The molecule has 0 spiro atoms. The Bertz CT molecular complexity index is 570. The van der Waals surface area contributed by atoms with Crippen LogP contribution in [0.2, 0.25) is 0 Å². The second-order valence-corrected chi connectivity index (χ2v) is 6.06. The van der Waals surface area contributed by atoms with Gasteiger partial charge in [0.05, 0.1) is 19.3 Å². The highest BCUT2D eigenvalue weighted by molar-refractivity contribution is 9.10. The highest BCUT2D eigenvalue weighted by Crippen LogP contribution is 2.34. The molecule has 1 aromatic heterocycles. The molecule has 0 aliphatic carbocycles. The van der Waals surface area contributed by atoms with E-state index < -0.39 is 0 Å². The smallest absolute Gasteiger partial charge is 0.0814 e. The van der Waals surface area contributed by atoms with Gasteiger partial charge >= 0.3 is 0 Å². The molecule has 3 rings (SSSR count). The first kappa shape index (κ1) is 12.3. The number of thiophene rings is 1. The van der Waals surface area contributed by atoms with E-state index in [4.69, 9.17) is 10.6 Å². The van der Waals surface area contributed by atoms with Gasteiger partial charge in [-0.2, -0.15) is 0 Å². The van der Waals surface area contributed by atoms with Crippen LogP contribution in [0.25, 0.3) is 0 Å². The average molecular weight is 325 g/mol. The van der Waals surface area contributed by atoms with Gasteiger partial charge in [0.25, 0.3) is 0 Å². The lowest BCUT2D eigenvalue weighted by Crippen LogP contribution is -2.28. The summed E-state index contributed by atoms with van der Waals surface area (Å²) >= 11 is 5.25. The predicted octanol–water partition coefficient (Wildman–Crippen LogP) is 3.09. The van der Waals surface area contributed by atoms with E-state index in [0.717, 1.165) is 11.1 Å². The Hall–Kier alpha value is -0.720. The number of hydrazine groups is 1. The summed E-state index contributed by atoms with van der Waals surface area (Å²) in [6, 6.07) is 8.48. The van der Waals surface area contributed by atoms with Crippen molar-refractivity contribution in [1.82, 2.24) is 5.43 Å². The first-order valence-corrected chi connectivity index (χ1v) is 7.35. The number of fused-ring (bicyclic) bond motifs is 1. The van der Waals surface area contributed by atoms with Crippen LogP contribution in [-0.2, 0) is 18.0 Å². The minimum Gasteiger partial charge on any atom is -0.372 e. The molecule has 0 saturated heterocycles. The van der Waals surface area contributed by atoms with Crippen molar-refractivity contribution in [2.45, 2.75) is 19.3 Å². The molecule has 2 heterocycles. The lowest BCUT2D eigenvalue weighted by atomic mass is 10.0. The van der Waals surface area contributed by atoms with E-state index in [1.807, 2.05) is 6.07 Å². The number of rotatable bonds is 3. The zero-order valence-electron chi connectivity index (χ0n) is 9.65. The topological polar surface area (TPSA) is 47.3 Å². The Morgan fingerprint density at radius 1 is 1.28 bits per heavy atom. The molecule has 0 fully saturated rings. The second kappa shape index (κ2) is 5.11. The van der Waals surface area contributed by atoms with Crippen LogP contribution in [0.4, 0.5) is 0 Å². The quantitative estimate of drug-likeness (QED) is 0.673. The largest absolute Gasteiger partial charge is 0.372 e. The molecular weight excluding hydrogens is 312 g/mol. The Balaban J connectivity index is 2.00. The molecule has 18 heavy (non-hydrogen) atoms. The first-order chi connectivity index (χ1) is 8.79. The van der Waals surface area contributed by atoms with Gasteiger partial charge in [-0.25, -0.2) is 5.43 Å². The number of nitrogens with two attached hydrogens (primary N) is 1. The molecule has 1 unspecified atom stereocenters. The van der Waals surface area contributed by atoms with Gasteiger partial charge in [-0.15, -0.1) is 11.3 Å². The highest BCUT2D eigenvalue weighted by atomic mass is 79.9. The van der Waals surface area contributed by atoms with Crippen molar-refractivity contribution in [3.63, 3.8) is 0 Å². The fourth-order valence-corrected chi connectivity index (χ4v) is 3.89. The molecule has 1 aliphatic heterocycles. The van der Waals surface area contributed by atoms with Crippen molar-refractivity contribution in [2.75, 3.05) is 0 Å². The molecule has 5 heteroatoms. The summed E-state index contributed by atoms with van der Waals surface area (Å²) < 4.78 is 6.53. The number of ether oxygens (including phenoxy) is 1. The monoisotopic (exact) mass is 324 g/mol. The van der Waals surface area contributed by atoms with E-state index in [0.29, 0.717) is 6.61 Å². The van der Waals surface area contributed by atoms with Crippen LogP contribution in [-0.4, -0.2) is 0 Å². The van der Waals surface area contributed by atoms with Crippen LogP contribution in [0.3, 0.4) is 0 Å². The molecule has 3 N–H and O–H groups in total. The first-order valence-electron chi connectivity index (χ1n) is 5.68. The van der Waals surface area contributed by atoms with Gasteiger partial charge in [0.2, 0.25) is 0 Å². The van der Waals surface area contributed by atoms with Crippen molar-refractivity contribution in [3.8, 4) is 0 Å². The lowest BCUT2D eigenvalue weighted by molar-refractivity contribution is 0.134. The van der Waals surface area contributed by atoms with Gasteiger partial charge in [0, 0.05) is 9.35 Å². The maximum absolute atomic E-state index is 5.71. The number of hydrogen-bond acceptors (Lipinski definition) is 4. The van der Waals surface area contributed by atoms with Crippen LogP contribution >= 0.6 is 27.3 Å². The molecule has 1 atom stereocenters. The van der Waals surface area contributed by atoms with Gasteiger partial charge in [0.15, 0.2) is 0 Å². The molecule has 3 nitrogen and oxygen atoms in total. The maximum Gasteiger partial charge on any atom is 0.0814 e.